The van der Waals surface area contributed by atoms with Crippen LogP contribution in [-0.4, -0.2) is 62.4 Å². The molecule has 0 radical (unpaired) electrons. The summed E-state index contributed by atoms with van der Waals surface area (Å²) >= 11 is 0. The van der Waals surface area contributed by atoms with Gasteiger partial charge in [-0.3, -0.25) is 4.90 Å². The van der Waals surface area contributed by atoms with Gasteiger partial charge in [-0.2, -0.15) is 5.26 Å². The van der Waals surface area contributed by atoms with E-state index < -0.39 is 11.8 Å². The van der Waals surface area contributed by atoms with E-state index >= 15 is 0 Å². The minimum Gasteiger partial charge on any atom is -0.484 e. The number of aromatic carboxylic acids is 1. The molecule has 2 aromatic carbocycles. The number of imidazole rings is 1. The third-order valence-electron chi connectivity index (χ3n) is 9.19. The highest BCUT2D eigenvalue weighted by atomic mass is 19.1. The summed E-state index contributed by atoms with van der Waals surface area (Å²) in [5, 5.41) is 18.5. The van der Waals surface area contributed by atoms with Gasteiger partial charge in [0.2, 0.25) is 5.88 Å². The number of ether oxygens (including phenoxy) is 3. The first-order valence-electron chi connectivity index (χ1n) is 14.8. The fourth-order valence-corrected chi connectivity index (χ4v) is 6.41. The lowest BCUT2D eigenvalue weighted by Crippen LogP contribution is -2.38. The summed E-state index contributed by atoms with van der Waals surface area (Å²) in [5.74, 6) is 0.362. The Labute approximate surface area is 253 Å². The van der Waals surface area contributed by atoms with Crippen LogP contribution in [0.25, 0.3) is 11.0 Å². The molecule has 2 saturated heterocycles. The van der Waals surface area contributed by atoms with Crippen molar-refractivity contribution in [3.05, 3.63) is 83.1 Å². The minimum absolute atomic E-state index is 0.00187. The lowest BCUT2D eigenvalue weighted by atomic mass is 10.1. The van der Waals surface area contributed by atoms with Crippen molar-refractivity contribution in [2.75, 3.05) is 19.7 Å². The first-order chi connectivity index (χ1) is 21.3. The third-order valence-corrected chi connectivity index (χ3v) is 9.19. The number of piperidine rings is 1. The molecule has 3 aliphatic rings. The van der Waals surface area contributed by atoms with Crippen LogP contribution in [0.2, 0.25) is 0 Å². The van der Waals surface area contributed by atoms with E-state index in [4.69, 9.17) is 24.5 Å². The molecule has 0 spiro atoms. The smallest absolute Gasteiger partial charge is 0.335 e. The van der Waals surface area contributed by atoms with Crippen LogP contribution < -0.4 is 9.47 Å². The summed E-state index contributed by atoms with van der Waals surface area (Å²) in [5.41, 5.74) is 2.97. The van der Waals surface area contributed by atoms with E-state index in [0.717, 1.165) is 62.0 Å². The monoisotopic (exact) mass is 597 g/mol. The van der Waals surface area contributed by atoms with Gasteiger partial charge in [0.15, 0.2) is 11.6 Å². The lowest BCUT2D eigenvalue weighted by Gasteiger charge is -2.31. The maximum absolute atomic E-state index is 14.2. The maximum atomic E-state index is 14.2. The number of benzene rings is 2. The number of nitriles is 1. The lowest BCUT2D eigenvalue weighted by molar-refractivity contribution is -0.0257. The van der Waals surface area contributed by atoms with Crippen LogP contribution in [0.3, 0.4) is 0 Å². The molecule has 1 aliphatic carbocycles. The molecule has 2 aromatic heterocycles. The Kier molecular flexibility index (Phi) is 7.19. The van der Waals surface area contributed by atoms with Crippen LogP contribution in [0.5, 0.6) is 11.6 Å². The zero-order chi connectivity index (χ0) is 30.4. The Hall–Kier alpha value is -4.53. The molecule has 2 aliphatic heterocycles. The molecule has 3 unspecified atom stereocenters. The number of carbonyl (C=O) groups is 1. The summed E-state index contributed by atoms with van der Waals surface area (Å²) in [6.07, 6.45) is 1.92. The SMILES string of the molecule is CC12COC1C2Cn1c(CN2CCC(Oc3cccc(COc4ccc(C#N)cc4F)n3)CC2)nc2ccc(C(=O)O)cc21. The quantitative estimate of drug-likeness (QED) is 0.275. The second-order valence-electron chi connectivity index (χ2n) is 12.1. The maximum Gasteiger partial charge on any atom is 0.335 e. The topological polar surface area (TPSA) is 123 Å². The summed E-state index contributed by atoms with van der Waals surface area (Å²) in [6, 6.07) is 16.6. The van der Waals surface area contributed by atoms with Gasteiger partial charge in [0.1, 0.15) is 18.5 Å². The molecule has 4 aromatic rings. The van der Waals surface area contributed by atoms with Crippen molar-refractivity contribution >= 4 is 17.0 Å². The van der Waals surface area contributed by atoms with Gasteiger partial charge >= 0.3 is 5.97 Å². The third kappa shape index (κ3) is 5.36. The number of aromatic nitrogens is 3. The second kappa shape index (κ2) is 11.2. The van der Waals surface area contributed by atoms with Gasteiger partial charge in [0.05, 0.1) is 53.2 Å². The number of pyridine rings is 1. The summed E-state index contributed by atoms with van der Waals surface area (Å²) in [7, 11) is 0. The van der Waals surface area contributed by atoms with Crippen LogP contribution in [0, 0.1) is 28.5 Å². The molecule has 1 N–H and O–H groups in total. The van der Waals surface area contributed by atoms with Gasteiger partial charge in [-0.15, -0.1) is 0 Å². The number of hydrogen-bond acceptors (Lipinski definition) is 8. The number of fused-ring (bicyclic) bond motifs is 2. The fraction of sp³-hybridized carbons (Fsp3) is 0.394. The zero-order valence-electron chi connectivity index (χ0n) is 24.3. The summed E-state index contributed by atoms with van der Waals surface area (Å²) in [6.45, 7) is 6.17. The Morgan fingerprint density at radius 2 is 2.00 bits per heavy atom. The van der Waals surface area contributed by atoms with Gasteiger partial charge in [0, 0.05) is 37.0 Å². The largest absolute Gasteiger partial charge is 0.484 e. The van der Waals surface area contributed by atoms with Crippen molar-refractivity contribution in [1.82, 2.24) is 19.4 Å². The Morgan fingerprint density at radius 1 is 1.18 bits per heavy atom. The molecule has 44 heavy (non-hydrogen) atoms. The number of likely N-dealkylation sites (tertiary alicyclic amines) is 1. The zero-order valence-corrected chi connectivity index (χ0v) is 24.3. The average Bonchev–Trinajstić information content (AvgIpc) is 3.25. The van der Waals surface area contributed by atoms with Gasteiger partial charge in [-0.05, 0) is 55.3 Å². The van der Waals surface area contributed by atoms with Crippen LogP contribution >= 0.6 is 0 Å². The number of halogens is 1. The molecule has 0 amide bonds. The first kappa shape index (κ1) is 28.3. The van der Waals surface area contributed by atoms with Crippen LogP contribution in [-0.2, 0) is 24.4 Å². The molecular weight excluding hydrogens is 565 g/mol. The standard InChI is InChI=1S/C33H32FN5O5/c1-33-19-43-31(33)24(33)16-39-27-14-21(32(40)41)6-7-26(27)37-29(39)17-38-11-9-23(10-12-38)44-30-4-2-3-22(36-30)18-42-28-8-5-20(15-35)13-25(28)34/h2-8,13-14,23-24,31H,9-12,16-19H2,1H3,(H,40,41). The molecular formula is C33H32FN5O5. The van der Waals surface area contributed by atoms with Crippen LogP contribution in [0.15, 0.2) is 54.6 Å². The van der Waals surface area contributed by atoms with E-state index in [9.17, 15) is 14.3 Å². The normalized spacial score (nSPS) is 23.0. The molecule has 3 atom stereocenters. The van der Waals surface area contributed by atoms with E-state index in [1.807, 2.05) is 12.1 Å². The van der Waals surface area contributed by atoms with E-state index in [-0.39, 0.29) is 41.1 Å². The second-order valence-corrected chi connectivity index (χ2v) is 12.1. The van der Waals surface area contributed by atoms with E-state index in [0.29, 0.717) is 24.0 Å². The van der Waals surface area contributed by atoms with Crippen molar-refractivity contribution in [3.63, 3.8) is 0 Å². The molecule has 1 saturated carbocycles. The van der Waals surface area contributed by atoms with Crippen molar-refractivity contribution in [3.8, 4) is 17.7 Å². The summed E-state index contributed by atoms with van der Waals surface area (Å²) in [4.78, 5) is 23.5. The molecule has 226 valence electrons. The number of rotatable bonds is 10. The molecule has 4 heterocycles. The van der Waals surface area contributed by atoms with Crippen molar-refractivity contribution in [2.24, 2.45) is 11.3 Å². The number of carboxylic acids is 1. The Bertz CT molecular complexity index is 1780. The predicted molar refractivity (Wildman–Crippen MR) is 157 cm³/mol. The van der Waals surface area contributed by atoms with Crippen molar-refractivity contribution < 1.29 is 28.5 Å². The van der Waals surface area contributed by atoms with E-state index in [1.165, 1.54) is 12.1 Å². The minimum atomic E-state index is -0.946. The highest BCUT2D eigenvalue weighted by Crippen LogP contribution is 2.63. The number of nitrogens with zero attached hydrogens (tertiary/aromatic N) is 5. The molecule has 3 fully saturated rings. The van der Waals surface area contributed by atoms with Gasteiger partial charge < -0.3 is 23.9 Å². The van der Waals surface area contributed by atoms with Crippen LogP contribution in [0.1, 0.15) is 47.2 Å². The summed E-state index contributed by atoms with van der Waals surface area (Å²) < 4.78 is 33.9. The Balaban J connectivity index is 0.976. The van der Waals surface area contributed by atoms with Gasteiger partial charge in [-0.1, -0.05) is 13.0 Å². The van der Waals surface area contributed by atoms with Crippen LogP contribution in [0.4, 0.5) is 4.39 Å². The van der Waals surface area contributed by atoms with E-state index in [2.05, 4.69) is 21.4 Å². The molecule has 11 heteroatoms. The molecule has 0 bridgehead atoms. The highest BCUT2D eigenvalue weighted by Gasteiger charge is 2.69. The van der Waals surface area contributed by atoms with Gasteiger partial charge in [-0.25, -0.2) is 19.2 Å². The highest BCUT2D eigenvalue weighted by molar-refractivity contribution is 5.92. The first-order valence-corrected chi connectivity index (χ1v) is 14.8. The van der Waals surface area contributed by atoms with E-state index in [1.54, 1.807) is 30.3 Å². The molecule has 7 rings (SSSR count). The fourth-order valence-electron chi connectivity index (χ4n) is 6.41. The van der Waals surface area contributed by atoms with Crippen molar-refractivity contribution in [2.45, 2.75) is 51.7 Å². The van der Waals surface area contributed by atoms with Crippen molar-refractivity contribution in [1.29, 1.82) is 5.26 Å². The predicted octanol–water partition coefficient (Wildman–Crippen LogP) is 4.80. The Morgan fingerprint density at radius 3 is 2.70 bits per heavy atom. The van der Waals surface area contributed by atoms with Gasteiger partial charge in [0.25, 0.3) is 0 Å². The molecule has 10 nitrogen and oxygen atoms in total. The number of hydrogen-bond donors (Lipinski definition) is 1. The average molecular weight is 598 g/mol. The number of carboxylic acid groups (broad SMARTS) is 1.